The van der Waals surface area contributed by atoms with Gasteiger partial charge in [-0.15, -0.1) is 0 Å². The second-order valence-corrected chi connectivity index (χ2v) is 4.75. The smallest absolute Gasteiger partial charge is 0.407 e. The predicted molar refractivity (Wildman–Crippen MR) is 68.4 cm³/mol. The van der Waals surface area contributed by atoms with E-state index in [4.69, 9.17) is 5.11 Å². The zero-order chi connectivity index (χ0) is 13.1. The van der Waals surface area contributed by atoms with Crippen molar-refractivity contribution in [1.29, 1.82) is 0 Å². The number of aromatic nitrogens is 1. The van der Waals surface area contributed by atoms with Crippen molar-refractivity contribution in [3.05, 3.63) is 30.1 Å². The summed E-state index contributed by atoms with van der Waals surface area (Å²) in [5, 5.41) is 8.99. The molecular weight excluding hydrogens is 230 g/mol. The molecule has 5 heteroatoms. The number of piperazine rings is 1. The summed E-state index contributed by atoms with van der Waals surface area (Å²) in [6, 6.07) is 6.34. The third kappa shape index (κ3) is 2.61. The molecule has 1 unspecified atom stereocenters. The molecule has 0 saturated carbocycles. The van der Waals surface area contributed by atoms with Gasteiger partial charge in [0.15, 0.2) is 0 Å². The minimum absolute atomic E-state index is 0.215. The van der Waals surface area contributed by atoms with Crippen molar-refractivity contribution in [3.63, 3.8) is 0 Å². The molecule has 0 aliphatic carbocycles. The Morgan fingerprint density at radius 1 is 1.50 bits per heavy atom. The fourth-order valence-corrected chi connectivity index (χ4v) is 2.51. The topological polar surface area (TPSA) is 56.7 Å². The maximum atomic E-state index is 10.9. The summed E-state index contributed by atoms with van der Waals surface area (Å²) in [6.07, 6.45) is 0.969. The third-order valence-electron chi connectivity index (χ3n) is 3.56. The molecule has 1 saturated heterocycles. The van der Waals surface area contributed by atoms with Crippen molar-refractivity contribution in [2.45, 2.75) is 25.9 Å². The van der Waals surface area contributed by atoms with Crippen LogP contribution in [0.5, 0.6) is 0 Å². The van der Waals surface area contributed by atoms with Crippen LogP contribution in [-0.2, 0) is 0 Å². The summed E-state index contributed by atoms with van der Waals surface area (Å²) in [6.45, 7) is 6.07. The Hall–Kier alpha value is -1.62. The van der Waals surface area contributed by atoms with Crippen molar-refractivity contribution in [3.8, 4) is 0 Å². The Balaban J connectivity index is 2.05. The molecule has 1 aliphatic rings. The Morgan fingerprint density at radius 2 is 2.28 bits per heavy atom. The van der Waals surface area contributed by atoms with Gasteiger partial charge in [0.1, 0.15) is 0 Å². The summed E-state index contributed by atoms with van der Waals surface area (Å²) in [7, 11) is 0. The van der Waals surface area contributed by atoms with Crippen LogP contribution >= 0.6 is 0 Å². The largest absolute Gasteiger partial charge is 0.465 e. The Morgan fingerprint density at radius 3 is 2.83 bits per heavy atom. The number of amides is 1. The van der Waals surface area contributed by atoms with E-state index in [0.29, 0.717) is 13.1 Å². The molecule has 98 valence electrons. The number of carboxylic acid groups (broad SMARTS) is 1. The molecule has 0 spiro atoms. The molecular formula is C13H19N3O2. The molecule has 1 N–H and O–H groups in total. The standard InChI is InChI=1S/C13H19N3O2/c1-10-9-15(13(17)18)7-8-16(10)11(2)12-5-3-4-6-14-12/h3-6,10-11H,7-9H2,1-2H3,(H,17,18)/t10-,11?/m0/s1. The molecule has 1 aromatic rings. The Bertz CT molecular complexity index is 410. The molecule has 18 heavy (non-hydrogen) atoms. The SMILES string of the molecule is CC(c1ccccn1)N1CCN(C(=O)O)C[C@@H]1C. The molecule has 1 fully saturated rings. The highest BCUT2D eigenvalue weighted by Gasteiger charge is 2.30. The van der Waals surface area contributed by atoms with Crippen LogP contribution in [0.2, 0.25) is 0 Å². The minimum atomic E-state index is -0.827. The maximum Gasteiger partial charge on any atom is 0.407 e. The van der Waals surface area contributed by atoms with Crippen LogP contribution in [0.1, 0.15) is 25.6 Å². The lowest BCUT2D eigenvalue weighted by Gasteiger charge is -2.41. The zero-order valence-corrected chi connectivity index (χ0v) is 10.8. The summed E-state index contributed by atoms with van der Waals surface area (Å²) < 4.78 is 0. The van der Waals surface area contributed by atoms with Crippen LogP contribution in [0.3, 0.4) is 0 Å². The van der Waals surface area contributed by atoms with Crippen LogP contribution in [0.4, 0.5) is 4.79 Å². The van der Waals surface area contributed by atoms with Gasteiger partial charge >= 0.3 is 6.09 Å². The first kappa shape index (κ1) is 12.8. The first-order valence-corrected chi connectivity index (χ1v) is 6.24. The van der Waals surface area contributed by atoms with E-state index in [-0.39, 0.29) is 12.1 Å². The molecule has 0 bridgehead atoms. The molecule has 0 aromatic carbocycles. The minimum Gasteiger partial charge on any atom is -0.465 e. The van der Waals surface area contributed by atoms with Gasteiger partial charge in [-0.2, -0.15) is 0 Å². The summed E-state index contributed by atoms with van der Waals surface area (Å²) in [4.78, 5) is 19.1. The average molecular weight is 249 g/mol. The van der Waals surface area contributed by atoms with Gasteiger partial charge in [0.05, 0.1) is 5.69 Å². The van der Waals surface area contributed by atoms with Crippen LogP contribution in [0.25, 0.3) is 0 Å². The van der Waals surface area contributed by atoms with Crippen molar-refractivity contribution in [2.24, 2.45) is 0 Å². The number of rotatable bonds is 2. The predicted octanol–water partition coefficient (Wildman–Crippen LogP) is 1.83. The fourth-order valence-electron chi connectivity index (χ4n) is 2.51. The highest BCUT2D eigenvalue weighted by Crippen LogP contribution is 2.23. The van der Waals surface area contributed by atoms with Crippen molar-refractivity contribution in [2.75, 3.05) is 19.6 Å². The van der Waals surface area contributed by atoms with Gasteiger partial charge in [0.2, 0.25) is 0 Å². The summed E-state index contributed by atoms with van der Waals surface area (Å²) in [5.74, 6) is 0. The van der Waals surface area contributed by atoms with Crippen molar-refractivity contribution >= 4 is 6.09 Å². The quantitative estimate of drug-likeness (QED) is 0.868. The van der Waals surface area contributed by atoms with Gasteiger partial charge in [0, 0.05) is 37.9 Å². The molecule has 1 amide bonds. The lowest BCUT2D eigenvalue weighted by Crippen LogP contribution is -2.53. The highest BCUT2D eigenvalue weighted by atomic mass is 16.4. The normalized spacial score (nSPS) is 22.8. The molecule has 1 aliphatic heterocycles. The van der Waals surface area contributed by atoms with E-state index in [9.17, 15) is 4.79 Å². The van der Waals surface area contributed by atoms with Gasteiger partial charge in [0.25, 0.3) is 0 Å². The van der Waals surface area contributed by atoms with E-state index in [1.807, 2.05) is 18.2 Å². The highest BCUT2D eigenvalue weighted by molar-refractivity contribution is 5.65. The van der Waals surface area contributed by atoms with Crippen LogP contribution < -0.4 is 0 Å². The molecule has 2 atom stereocenters. The number of pyridine rings is 1. The molecule has 5 nitrogen and oxygen atoms in total. The number of nitrogens with zero attached hydrogens (tertiary/aromatic N) is 3. The molecule has 2 rings (SSSR count). The average Bonchev–Trinajstić information content (AvgIpc) is 2.38. The Kier molecular flexibility index (Phi) is 3.81. The Labute approximate surface area is 107 Å². The lowest BCUT2D eigenvalue weighted by molar-refractivity contribution is 0.0519. The number of hydrogen-bond acceptors (Lipinski definition) is 3. The lowest BCUT2D eigenvalue weighted by atomic mass is 10.1. The second kappa shape index (κ2) is 5.35. The first-order chi connectivity index (χ1) is 8.59. The van der Waals surface area contributed by atoms with Gasteiger partial charge in [-0.25, -0.2) is 4.79 Å². The van der Waals surface area contributed by atoms with Crippen LogP contribution in [0, 0.1) is 0 Å². The van der Waals surface area contributed by atoms with Gasteiger partial charge < -0.3 is 10.0 Å². The van der Waals surface area contributed by atoms with E-state index in [2.05, 4.69) is 23.7 Å². The zero-order valence-electron chi connectivity index (χ0n) is 10.8. The fraction of sp³-hybridized carbons (Fsp3) is 0.538. The number of carbonyl (C=O) groups is 1. The van der Waals surface area contributed by atoms with E-state index >= 15 is 0 Å². The van der Waals surface area contributed by atoms with E-state index in [0.717, 1.165) is 12.2 Å². The van der Waals surface area contributed by atoms with Crippen LogP contribution in [-0.4, -0.2) is 51.7 Å². The maximum absolute atomic E-state index is 10.9. The third-order valence-corrected chi connectivity index (χ3v) is 3.56. The van der Waals surface area contributed by atoms with Crippen molar-refractivity contribution in [1.82, 2.24) is 14.8 Å². The summed E-state index contributed by atoms with van der Waals surface area (Å²) >= 11 is 0. The van der Waals surface area contributed by atoms with Gasteiger partial charge in [-0.1, -0.05) is 6.07 Å². The first-order valence-electron chi connectivity index (χ1n) is 6.24. The molecule has 1 aromatic heterocycles. The van der Waals surface area contributed by atoms with Crippen molar-refractivity contribution < 1.29 is 9.90 Å². The van der Waals surface area contributed by atoms with Gasteiger partial charge in [-0.05, 0) is 26.0 Å². The monoisotopic (exact) mass is 249 g/mol. The van der Waals surface area contributed by atoms with Crippen LogP contribution in [0.15, 0.2) is 24.4 Å². The van der Waals surface area contributed by atoms with E-state index in [1.165, 1.54) is 4.90 Å². The van der Waals surface area contributed by atoms with E-state index < -0.39 is 6.09 Å². The molecule has 0 radical (unpaired) electrons. The van der Waals surface area contributed by atoms with E-state index in [1.54, 1.807) is 6.20 Å². The summed E-state index contributed by atoms with van der Waals surface area (Å²) in [5.41, 5.74) is 1.04. The number of hydrogen-bond donors (Lipinski definition) is 1. The second-order valence-electron chi connectivity index (χ2n) is 4.75. The molecule has 2 heterocycles. The van der Waals surface area contributed by atoms with Gasteiger partial charge in [-0.3, -0.25) is 9.88 Å².